The number of hydrogen-bond donors (Lipinski definition) is 0. The highest BCUT2D eigenvalue weighted by molar-refractivity contribution is 6.03. The van der Waals surface area contributed by atoms with E-state index >= 15 is 0 Å². The molecule has 0 aromatic heterocycles. The summed E-state index contributed by atoms with van der Waals surface area (Å²) in [6.45, 7) is 3.91. The number of nitrogens with zero attached hydrogens (tertiary/aromatic N) is 1. The monoisotopic (exact) mass is 295 g/mol. The molecule has 3 rings (SSSR count). The summed E-state index contributed by atoms with van der Waals surface area (Å²) >= 11 is 0. The van der Waals surface area contributed by atoms with E-state index in [2.05, 4.69) is 0 Å². The van der Waals surface area contributed by atoms with E-state index < -0.39 is 17.4 Å². The van der Waals surface area contributed by atoms with E-state index in [0.717, 1.165) is 0 Å². The summed E-state index contributed by atoms with van der Waals surface area (Å²) in [4.78, 5) is 23.6. The fourth-order valence-electron chi connectivity index (χ4n) is 2.54. The minimum Gasteiger partial charge on any atom is -0.461 e. The Labute approximate surface area is 127 Å². The van der Waals surface area contributed by atoms with Crippen LogP contribution in [0.25, 0.3) is 5.76 Å². The smallest absolute Gasteiger partial charge is 0.349 e. The van der Waals surface area contributed by atoms with Crippen LogP contribution in [0.15, 0.2) is 41.5 Å². The number of allylic oxidation sites excluding steroid dienone is 1. The Kier molecular flexibility index (Phi) is 3.10. The first kappa shape index (κ1) is 14.1. The van der Waals surface area contributed by atoms with Crippen LogP contribution in [0.5, 0.6) is 0 Å². The van der Waals surface area contributed by atoms with Gasteiger partial charge in [-0.1, -0.05) is 32.0 Å². The Morgan fingerprint density at radius 2 is 1.86 bits per heavy atom. The number of carbonyl (C=O) groups excluding carboxylic acids is 2. The Bertz CT molecular complexity index is 793. The number of hydrogen-bond acceptors (Lipinski definition) is 5. The van der Waals surface area contributed by atoms with Crippen LogP contribution in [0.4, 0.5) is 0 Å². The molecule has 5 nitrogen and oxygen atoms in total. The van der Waals surface area contributed by atoms with Gasteiger partial charge in [0.15, 0.2) is 0 Å². The van der Waals surface area contributed by atoms with Gasteiger partial charge in [0.2, 0.25) is 0 Å². The zero-order chi connectivity index (χ0) is 15.9. The standard InChI is InChI=1S/C17H13NO4/c1-17(2)9-21-15(19)12(8-18)13(17)7-14-10-5-3-4-6-11(10)16(20)22-14/h3-7H,9H2,1-2H3. The van der Waals surface area contributed by atoms with Gasteiger partial charge < -0.3 is 9.47 Å². The summed E-state index contributed by atoms with van der Waals surface area (Å²) < 4.78 is 10.3. The average molecular weight is 295 g/mol. The maximum Gasteiger partial charge on any atom is 0.349 e. The van der Waals surface area contributed by atoms with Gasteiger partial charge in [0.05, 0.1) is 5.56 Å². The molecule has 0 amide bonds. The van der Waals surface area contributed by atoms with Crippen LogP contribution < -0.4 is 0 Å². The lowest BCUT2D eigenvalue weighted by molar-refractivity contribution is -0.142. The molecular formula is C17H13NO4. The second kappa shape index (κ2) is 4.85. The van der Waals surface area contributed by atoms with Crippen LogP contribution in [0, 0.1) is 16.7 Å². The number of benzene rings is 1. The summed E-state index contributed by atoms with van der Waals surface area (Å²) in [5.41, 5.74) is 1.07. The summed E-state index contributed by atoms with van der Waals surface area (Å²) in [5.74, 6) is -0.727. The van der Waals surface area contributed by atoms with E-state index in [-0.39, 0.29) is 12.2 Å². The van der Waals surface area contributed by atoms with Gasteiger partial charge in [0, 0.05) is 11.0 Å². The van der Waals surface area contributed by atoms with Gasteiger partial charge in [-0.25, -0.2) is 9.59 Å². The molecule has 0 N–H and O–H groups in total. The zero-order valence-corrected chi connectivity index (χ0v) is 12.2. The third-order valence-electron chi connectivity index (χ3n) is 3.77. The summed E-state index contributed by atoms with van der Waals surface area (Å²) in [6, 6.07) is 8.89. The molecule has 5 heteroatoms. The van der Waals surface area contributed by atoms with Crippen molar-refractivity contribution in [3.8, 4) is 6.07 Å². The highest BCUT2D eigenvalue weighted by Crippen LogP contribution is 2.38. The molecule has 0 atom stereocenters. The van der Waals surface area contributed by atoms with Crippen LogP contribution in [-0.2, 0) is 14.3 Å². The topological polar surface area (TPSA) is 76.4 Å². The van der Waals surface area contributed by atoms with E-state index in [9.17, 15) is 14.9 Å². The first-order valence-corrected chi connectivity index (χ1v) is 6.79. The van der Waals surface area contributed by atoms with E-state index in [4.69, 9.17) is 9.47 Å². The Hall–Kier alpha value is -2.87. The van der Waals surface area contributed by atoms with Crippen molar-refractivity contribution in [2.75, 3.05) is 6.61 Å². The Morgan fingerprint density at radius 1 is 1.18 bits per heavy atom. The van der Waals surface area contributed by atoms with Gasteiger partial charge in [0.1, 0.15) is 24.0 Å². The predicted molar refractivity (Wildman–Crippen MR) is 77.2 cm³/mol. The van der Waals surface area contributed by atoms with Crippen molar-refractivity contribution >= 4 is 17.7 Å². The molecule has 110 valence electrons. The van der Waals surface area contributed by atoms with Crippen LogP contribution in [-0.4, -0.2) is 18.5 Å². The third kappa shape index (κ3) is 2.09. The van der Waals surface area contributed by atoms with Crippen LogP contribution in [0.1, 0.15) is 29.8 Å². The SMILES string of the molecule is CC1(C)COC(=O)C(C#N)=C1C=C1OC(=O)c2ccccc21. The fraction of sp³-hybridized carbons (Fsp3) is 0.235. The minimum atomic E-state index is -0.647. The molecule has 1 aromatic rings. The number of nitriles is 1. The zero-order valence-electron chi connectivity index (χ0n) is 12.2. The summed E-state index contributed by atoms with van der Waals surface area (Å²) in [5, 5.41) is 9.24. The molecule has 2 aliphatic rings. The largest absolute Gasteiger partial charge is 0.461 e. The molecule has 2 heterocycles. The highest BCUT2D eigenvalue weighted by Gasteiger charge is 2.36. The van der Waals surface area contributed by atoms with Crippen molar-refractivity contribution in [2.45, 2.75) is 13.8 Å². The predicted octanol–water partition coefficient (Wildman–Crippen LogP) is 2.60. The summed E-state index contributed by atoms with van der Waals surface area (Å²) in [6.07, 6.45) is 1.60. The second-order valence-electron chi connectivity index (χ2n) is 5.80. The number of esters is 2. The van der Waals surface area contributed by atoms with Gasteiger partial charge in [-0.15, -0.1) is 0 Å². The van der Waals surface area contributed by atoms with Crippen LogP contribution in [0.3, 0.4) is 0 Å². The van der Waals surface area contributed by atoms with Gasteiger partial charge in [-0.3, -0.25) is 0 Å². The van der Waals surface area contributed by atoms with Crippen molar-refractivity contribution in [3.05, 3.63) is 52.6 Å². The number of cyclic esters (lactones) is 2. The Morgan fingerprint density at radius 3 is 2.55 bits per heavy atom. The van der Waals surface area contributed by atoms with E-state index in [1.165, 1.54) is 0 Å². The van der Waals surface area contributed by atoms with E-state index in [0.29, 0.717) is 22.5 Å². The fourth-order valence-corrected chi connectivity index (χ4v) is 2.54. The highest BCUT2D eigenvalue weighted by atomic mass is 16.5. The van der Waals surface area contributed by atoms with Crippen LogP contribution in [0.2, 0.25) is 0 Å². The summed E-state index contributed by atoms with van der Waals surface area (Å²) in [7, 11) is 0. The maximum absolute atomic E-state index is 11.9. The van der Waals surface area contributed by atoms with E-state index in [1.54, 1.807) is 30.3 Å². The lowest BCUT2D eigenvalue weighted by Crippen LogP contribution is -2.31. The average Bonchev–Trinajstić information content (AvgIpc) is 2.81. The molecule has 0 aliphatic carbocycles. The van der Waals surface area contributed by atoms with Crippen molar-refractivity contribution in [3.63, 3.8) is 0 Å². The van der Waals surface area contributed by atoms with Crippen molar-refractivity contribution in [1.82, 2.24) is 0 Å². The lowest BCUT2D eigenvalue weighted by atomic mass is 9.80. The number of rotatable bonds is 1. The number of carbonyl (C=O) groups is 2. The molecule has 0 fully saturated rings. The van der Waals surface area contributed by atoms with Gasteiger partial charge >= 0.3 is 11.9 Å². The minimum absolute atomic E-state index is 0.0517. The van der Waals surface area contributed by atoms with Gasteiger partial charge in [-0.2, -0.15) is 5.26 Å². The normalized spacial score (nSPS) is 21.2. The Balaban J connectivity index is 2.18. The van der Waals surface area contributed by atoms with Crippen molar-refractivity contribution in [1.29, 1.82) is 5.26 Å². The van der Waals surface area contributed by atoms with Gasteiger partial charge in [-0.05, 0) is 17.7 Å². The molecule has 0 unspecified atom stereocenters. The third-order valence-corrected chi connectivity index (χ3v) is 3.77. The molecule has 0 saturated carbocycles. The quantitative estimate of drug-likeness (QED) is 0.744. The second-order valence-corrected chi connectivity index (χ2v) is 5.80. The molecule has 0 spiro atoms. The first-order valence-electron chi connectivity index (χ1n) is 6.79. The molecule has 22 heavy (non-hydrogen) atoms. The van der Waals surface area contributed by atoms with Gasteiger partial charge in [0.25, 0.3) is 0 Å². The molecular weight excluding hydrogens is 282 g/mol. The molecule has 2 aliphatic heterocycles. The first-order chi connectivity index (χ1) is 10.4. The number of ether oxygens (including phenoxy) is 2. The molecule has 0 saturated heterocycles. The van der Waals surface area contributed by atoms with Crippen molar-refractivity contribution in [2.24, 2.45) is 5.41 Å². The van der Waals surface area contributed by atoms with Crippen LogP contribution >= 0.6 is 0 Å². The number of fused-ring (bicyclic) bond motifs is 1. The molecule has 1 aromatic carbocycles. The molecule has 0 bridgehead atoms. The maximum atomic E-state index is 11.9. The van der Waals surface area contributed by atoms with Crippen molar-refractivity contribution < 1.29 is 19.1 Å². The van der Waals surface area contributed by atoms with E-state index in [1.807, 2.05) is 19.9 Å². The molecule has 0 radical (unpaired) electrons. The lowest BCUT2D eigenvalue weighted by Gasteiger charge is -2.30.